The molecule has 9 heteroatoms. The van der Waals surface area contributed by atoms with Gasteiger partial charge in [-0.25, -0.2) is 0 Å². The number of rotatable bonds is 65. The van der Waals surface area contributed by atoms with E-state index in [1.807, 2.05) is 21.1 Å². The SMILES string of the molecule is CC/C=C\C/C=C\C/C=C\C/C=C\C/C=C\C/C=C\C/C=C\C/C=C\C/C=C\C/C=C\CCCCCCCCCCCCC(=O)OC(COC(=O)CCCCCC/C=C\C/C=C\C/C=C\C/C=C\C/C=C\C/C=C\C/C=C\C/C=C\CC)COC(OCC[N+](C)(C)C)C(=O)[O-]. The van der Waals surface area contributed by atoms with Crippen molar-refractivity contribution in [2.75, 3.05) is 47.5 Å². The van der Waals surface area contributed by atoms with E-state index in [4.69, 9.17) is 18.9 Å². The van der Waals surface area contributed by atoms with Gasteiger partial charge in [-0.3, -0.25) is 9.59 Å². The largest absolute Gasteiger partial charge is 0.545 e. The van der Waals surface area contributed by atoms with E-state index >= 15 is 0 Å². The van der Waals surface area contributed by atoms with Crippen LogP contribution >= 0.6 is 0 Å². The smallest absolute Gasteiger partial charge is 0.306 e. The summed E-state index contributed by atoms with van der Waals surface area (Å²) in [6.45, 7) is 4.46. The highest BCUT2D eigenvalue weighted by molar-refractivity contribution is 5.70. The number of likely N-dealkylation sites (N-methyl/N-ethyl adjacent to an activating group) is 1. The number of hydrogen-bond acceptors (Lipinski definition) is 8. The van der Waals surface area contributed by atoms with E-state index in [2.05, 4.69) is 233 Å². The van der Waals surface area contributed by atoms with E-state index in [9.17, 15) is 19.5 Å². The average molecular weight is 1310 g/mol. The first kappa shape index (κ1) is 88.6. The Morgan fingerprint density at radius 1 is 0.316 bits per heavy atom. The molecule has 2 unspecified atom stereocenters. The third-order valence-corrected chi connectivity index (χ3v) is 14.7. The molecule has 0 aliphatic heterocycles. The van der Waals surface area contributed by atoms with Crippen molar-refractivity contribution >= 4 is 17.9 Å². The van der Waals surface area contributed by atoms with Crippen LogP contribution < -0.4 is 5.11 Å². The molecular weight excluding hydrogens is 1170 g/mol. The van der Waals surface area contributed by atoms with Crippen LogP contribution in [-0.4, -0.2) is 82.3 Å². The van der Waals surface area contributed by atoms with Gasteiger partial charge in [-0.1, -0.05) is 297 Å². The summed E-state index contributed by atoms with van der Waals surface area (Å²) in [6.07, 6.45) is 113. The molecule has 0 N–H and O–H groups in total. The molecule has 0 saturated heterocycles. The van der Waals surface area contributed by atoms with Gasteiger partial charge in [0.2, 0.25) is 0 Å². The molecular formula is C86H133NO8. The standard InChI is InChI=1S/C86H133NO8/c1-6-8-10-12-14-16-18-20-22-24-26-28-30-32-34-36-37-38-39-40-41-42-43-44-45-46-47-49-51-53-55-57-59-61-63-65-67-69-71-73-75-77-84(89)95-82(81-94-86(85(90)91)92-79-78-87(3,4)5)80-93-83(88)76-74-72-70-68-66-64-62-60-58-56-54-52-50-48-35-33-31-29-27-25-23-21-19-17-15-13-11-9-7-2/h8-11,14-17,20-23,26-29,32-35,37-38,40-41,43-44,46-47,50-53,56,58,62,64,82,86H,6-7,12-13,18-19,24-25,30-31,36,39,42,45,48-49,54-55,57,59-61,63,65-81H2,1-5H3/b10-8-,11-9-,16-14-,17-15-,22-20-,23-21-,28-26-,29-27-,34-32-,35-33-,38-37-,41-40-,44-43-,47-46-,52-50-,53-51-,58-56-,64-62-. The van der Waals surface area contributed by atoms with Crippen LogP contribution in [0.15, 0.2) is 219 Å². The molecule has 0 aliphatic rings. The van der Waals surface area contributed by atoms with E-state index in [1.54, 1.807) is 0 Å². The highest BCUT2D eigenvalue weighted by Crippen LogP contribution is 2.15. The van der Waals surface area contributed by atoms with Gasteiger partial charge in [-0.2, -0.15) is 0 Å². The molecule has 95 heavy (non-hydrogen) atoms. The number of unbranched alkanes of at least 4 members (excludes halogenated alkanes) is 14. The van der Waals surface area contributed by atoms with Crippen LogP contribution in [0.3, 0.4) is 0 Å². The maximum atomic E-state index is 13.0. The number of allylic oxidation sites excluding steroid dienone is 36. The molecule has 0 aromatic carbocycles. The molecule has 530 valence electrons. The quantitative estimate of drug-likeness (QED) is 0.0195. The molecule has 0 radical (unpaired) electrons. The maximum absolute atomic E-state index is 13.0. The number of esters is 2. The van der Waals surface area contributed by atoms with Gasteiger partial charge in [0.05, 0.1) is 40.3 Å². The van der Waals surface area contributed by atoms with Gasteiger partial charge in [-0.05, 0) is 154 Å². The van der Waals surface area contributed by atoms with Gasteiger partial charge in [0.25, 0.3) is 0 Å². The lowest BCUT2D eigenvalue weighted by molar-refractivity contribution is -0.870. The summed E-state index contributed by atoms with van der Waals surface area (Å²) in [5.41, 5.74) is 0. The second kappa shape index (κ2) is 73.4. The zero-order valence-corrected chi connectivity index (χ0v) is 60.4. The predicted octanol–water partition coefficient (Wildman–Crippen LogP) is 22.4. The Balaban J connectivity index is 4.23. The molecule has 2 atom stereocenters. The van der Waals surface area contributed by atoms with Crippen molar-refractivity contribution < 1.29 is 42.9 Å². The van der Waals surface area contributed by atoms with Crippen LogP contribution in [0.4, 0.5) is 0 Å². The molecule has 0 amide bonds. The number of carbonyl (C=O) groups excluding carboxylic acids is 3. The third-order valence-electron chi connectivity index (χ3n) is 14.7. The summed E-state index contributed by atoms with van der Waals surface area (Å²) < 4.78 is 22.8. The van der Waals surface area contributed by atoms with Gasteiger partial charge in [0.1, 0.15) is 13.2 Å². The molecule has 0 bridgehead atoms. The number of carbonyl (C=O) groups is 3. The molecule has 0 spiro atoms. The minimum absolute atomic E-state index is 0.130. The molecule has 0 fully saturated rings. The van der Waals surface area contributed by atoms with Crippen LogP contribution in [0.2, 0.25) is 0 Å². The van der Waals surface area contributed by atoms with E-state index in [1.165, 1.54) is 38.5 Å². The first-order valence-corrected chi connectivity index (χ1v) is 36.9. The fourth-order valence-corrected chi connectivity index (χ4v) is 9.17. The Morgan fingerprint density at radius 3 is 0.842 bits per heavy atom. The van der Waals surface area contributed by atoms with Crippen LogP contribution in [0.1, 0.15) is 245 Å². The Bertz CT molecular complexity index is 2370. The Hall–Kier alpha value is -6.39. The molecule has 0 saturated carbocycles. The number of nitrogens with zero attached hydrogens (tertiary/aromatic N) is 1. The summed E-state index contributed by atoms with van der Waals surface area (Å²) in [6, 6.07) is 0. The van der Waals surface area contributed by atoms with Crippen molar-refractivity contribution in [3.63, 3.8) is 0 Å². The maximum Gasteiger partial charge on any atom is 0.306 e. The Kier molecular flexibility index (Phi) is 68.5. The Labute approximate surface area is 581 Å². The van der Waals surface area contributed by atoms with Crippen molar-refractivity contribution in [1.82, 2.24) is 0 Å². The summed E-state index contributed by atoms with van der Waals surface area (Å²) >= 11 is 0. The molecule has 9 nitrogen and oxygen atoms in total. The molecule has 0 aromatic rings. The molecule has 0 heterocycles. The van der Waals surface area contributed by atoms with Crippen molar-refractivity contribution in [2.24, 2.45) is 0 Å². The topological polar surface area (TPSA) is 111 Å². The van der Waals surface area contributed by atoms with E-state index < -0.39 is 30.3 Å². The lowest BCUT2D eigenvalue weighted by Gasteiger charge is -2.26. The lowest BCUT2D eigenvalue weighted by Crippen LogP contribution is -2.44. The summed E-state index contributed by atoms with van der Waals surface area (Å²) in [7, 11) is 5.90. The van der Waals surface area contributed by atoms with Gasteiger partial charge < -0.3 is 33.3 Å². The summed E-state index contributed by atoms with van der Waals surface area (Å²) in [5.74, 6) is -2.35. The average Bonchev–Trinajstić information content (AvgIpc) is 3.54. The number of ether oxygens (including phenoxy) is 4. The predicted molar refractivity (Wildman–Crippen MR) is 407 cm³/mol. The van der Waals surface area contributed by atoms with Crippen molar-refractivity contribution in [3.8, 4) is 0 Å². The highest BCUT2D eigenvalue weighted by Gasteiger charge is 2.22. The normalized spacial score (nSPS) is 14.0. The van der Waals surface area contributed by atoms with E-state index in [0.717, 1.165) is 167 Å². The van der Waals surface area contributed by atoms with Crippen molar-refractivity contribution in [2.45, 2.75) is 257 Å². The van der Waals surface area contributed by atoms with Crippen LogP contribution in [0, 0.1) is 0 Å². The fraction of sp³-hybridized carbons (Fsp3) is 0.547. The number of hydrogen-bond donors (Lipinski definition) is 0. The van der Waals surface area contributed by atoms with Crippen LogP contribution in [0.5, 0.6) is 0 Å². The number of aliphatic carboxylic acids is 1. The highest BCUT2D eigenvalue weighted by atomic mass is 16.7. The number of carboxylic acids is 1. The first-order valence-electron chi connectivity index (χ1n) is 36.9. The summed E-state index contributed by atoms with van der Waals surface area (Å²) in [5, 5.41) is 11.8. The van der Waals surface area contributed by atoms with Gasteiger partial charge >= 0.3 is 11.9 Å². The van der Waals surface area contributed by atoms with Crippen molar-refractivity contribution in [1.29, 1.82) is 0 Å². The minimum Gasteiger partial charge on any atom is -0.545 e. The minimum atomic E-state index is -1.64. The first-order chi connectivity index (χ1) is 46.6. The number of quaternary nitrogens is 1. The van der Waals surface area contributed by atoms with Gasteiger partial charge in [0, 0.05) is 12.8 Å². The summed E-state index contributed by atoms with van der Waals surface area (Å²) in [4.78, 5) is 37.5. The van der Waals surface area contributed by atoms with Crippen LogP contribution in [-0.2, 0) is 33.3 Å². The second-order valence-corrected chi connectivity index (χ2v) is 24.8. The van der Waals surface area contributed by atoms with E-state index in [-0.39, 0.29) is 32.7 Å². The van der Waals surface area contributed by atoms with Gasteiger partial charge in [0.15, 0.2) is 12.4 Å². The van der Waals surface area contributed by atoms with Gasteiger partial charge in [-0.15, -0.1) is 0 Å². The lowest BCUT2D eigenvalue weighted by atomic mass is 10.0. The van der Waals surface area contributed by atoms with E-state index in [0.29, 0.717) is 23.9 Å². The zero-order valence-electron chi connectivity index (χ0n) is 60.4. The second-order valence-electron chi connectivity index (χ2n) is 24.8. The van der Waals surface area contributed by atoms with Crippen LogP contribution in [0.25, 0.3) is 0 Å². The monoisotopic (exact) mass is 1310 g/mol. The zero-order chi connectivity index (χ0) is 69.0. The fourth-order valence-electron chi connectivity index (χ4n) is 9.17. The number of carboxylic acid groups (broad SMARTS) is 1. The Morgan fingerprint density at radius 2 is 0.568 bits per heavy atom. The van der Waals surface area contributed by atoms with Crippen molar-refractivity contribution in [3.05, 3.63) is 219 Å². The molecule has 0 aromatic heterocycles. The molecule has 0 aliphatic carbocycles. The molecule has 0 rings (SSSR count). The third kappa shape index (κ3) is 74.9.